The van der Waals surface area contributed by atoms with Crippen LogP contribution in [0.5, 0.6) is 0 Å². The molecule has 4 heteroatoms. The second-order valence-corrected chi connectivity index (χ2v) is 32.2. The molecule has 3 heterocycles. The zero-order chi connectivity index (χ0) is 66.7. The first kappa shape index (κ1) is 66.4. The van der Waals surface area contributed by atoms with Gasteiger partial charge in [-0.05, 0) is 182 Å². The largest absolute Gasteiger partial charge is 0.228 e. The van der Waals surface area contributed by atoms with Gasteiger partial charge in [-0.3, -0.25) is 0 Å². The summed E-state index contributed by atoms with van der Waals surface area (Å²) in [5.41, 5.74) is 27.6. The number of unbranched alkanes of at least 4 members (excludes halogenated alkanes) is 20. The second kappa shape index (κ2) is 29.4. The van der Waals surface area contributed by atoms with Crippen LogP contribution in [0.25, 0.3) is 130 Å². The van der Waals surface area contributed by atoms with E-state index in [1.54, 1.807) is 5.56 Å². The van der Waals surface area contributed by atoms with Crippen LogP contribution in [0.1, 0.15) is 241 Å². The van der Waals surface area contributed by atoms with Gasteiger partial charge in [-0.25, -0.2) is 9.97 Å². The smallest absolute Gasteiger partial charge is 0.160 e. The third-order valence-electron chi connectivity index (χ3n) is 23.3. The topological polar surface area (TPSA) is 25.8 Å². The highest BCUT2D eigenvalue weighted by Crippen LogP contribution is 2.59. The van der Waals surface area contributed by atoms with Gasteiger partial charge in [0.15, 0.2) is 5.82 Å². The van der Waals surface area contributed by atoms with E-state index in [0.29, 0.717) is 0 Å². The standard InChI is InChI=1S/C94H102N2S2/c1-7-11-15-19-23-29-50-93(51-30-24-20-16-12-8-2)81-54-63(5)38-44-73(81)75-47-42-67(59-83(75)93)85-62-86(96-92(95-85)70-56-69-34-33-37-77-71-35-27-28-36-72(71)80(57-70)89(69)77)68-43-48-76-74-46-40-65(66-41-49-79-88(61-66)98-90-78-45-39-64(6)55-87(78)97-91(79)90)58-82(74)94(84(76)60-68,52-31-25-21-17-13-9-3)53-32-26-22-18-14-10-4/h27-28,33-49,54-62H,7-26,29-32,50-53H2,1-6H3. The quantitative estimate of drug-likeness (QED) is 0.0393. The van der Waals surface area contributed by atoms with Crippen LogP contribution in [0.4, 0.5) is 0 Å². The summed E-state index contributed by atoms with van der Waals surface area (Å²) in [5, 5.41) is 5.36. The summed E-state index contributed by atoms with van der Waals surface area (Å²) in [7, 11) is 0. The Kier molecular flexibility index (Phi) is 19.9. The Bertz CT molecular complexity index is 4840. The Balaban J connectivity index is 0.882. The normalized spacial score (nSPS) is 13.7. The molecule has 9 aromatic carbocycles. The Morgan fingerprint density at radius 1 is 0.296 bits per heavy atom. The van der Waals surface area contributed by atoms with E-state index in [9.17, 15) is 0 Å². The van der Waals surface area contributed by atoms with Gasteiger partial charge >= 0.3 is 0 Å². The van der Waals surface area contributed by atoms with E-state index >= 15 is 0 Å². The Labute approximate surface area is 593 Å². The van der Waals surface area contributed by atoms with Crippen molar-refractivity contribution in [2.45, 2.75) is 232 Å². The first-order valence-electron chi connectivity index (χ1n) is 38.7. The SMILES string of the molecule is CCCCCCCCC1(CCCCCCCC)c2cc(C)ccc2-c2ccc(-c3cc(-c4ccc5c(c4)C(CCCCCCCC)(CCCCCCCC)c4cc(-c6ccc7c(c6)sc6c8ccc(C)cc8sc76)ccc4-5)nc(-c4cc5c6c(cccc6c4)-c4ccccc4-5)n3)cc21. The maximum atomic E-state index is 5.87. The highest BCUT2D eigenvalue weighted by atomic mass is 32.1. The van der Waals surface area contributed by atoms with Crippen LogP contribution in [0, 0.1) is 13.8 Å². The van der Waals surface area contributed by atoms with Gasteiger partial charge in [-0.1, -0.05) is 309 Å². The van der Waals surface area contributed by atoms with Crippen LogP contribution in [-0.4, -0.2) is 9.97 Å². The highest BCUT2D eigenvalue weighted by Gasteiger charge is 2.45. The van der Waals surface area contributed by atoms with Crippen LogP contribution in [0.2, 0.25) is 0 Å². The summed E-state index contributed by atoms with van der Waals surface area (Å²) < 4.78 is 5.65. The third kappa shape index (κ3) is 12.6. The Morgan fingerprint density at radius 2 is 0.694 bits per heavy atom. The lowest BCUT2D eigenvalue weighted by atomic mass is 9.70. The van der Waals surface area contributed by atoms with Crippen molar-refractivity contribution in [3.8, 4) is 89.5 Å². The maximum Gasteiger partial charge on any atom is 0.160 e. The van der Waals surface area contributed by atoms with Gasteiger partial charge in [0.2, 0.25) is 0 Å². The highest BCUT2D eigenvalue weighted by molar-refractivity contribution is 7.36. The number of aromatic nitrogens is 2. The second-order valence-electron chi connectivity index (χ2n) is 30.1. The molecule has 0 bridgehead atoms. The lowest BCUT2D eigenvalue weighted by Crippen LogP contribution is -2.26. The molecule has 0 radical (unpaired) electrons. The zero-order valence-corrected chi connectivity index (χ0v) is 61.3. The Morgan fingerprint density at radius 3 is 1.22 bits per heavy atom. The summed E-state index contributed by atoms with van der Waals surface area (Å²) >= 11 is 3.94. The number of benzene rings is 9. The van der Waals surface area contributed by atoms with Gasteiger partial charge < -0.3 is 0 Å². The summed E-state index contributed by atoms with van der Waals surface area (Å²) in [5.74, 6) is 0.792. The van der Waals surface area contributed by atoms with Crippen molar-refractivity contribution in [3.63, 3.8) is 0 Å². The van der Waals surface area contributed by atoms with E-state index in [2.05, 4.69) is 211 Å². The molecule has 3 aliphatic rings. The molecule has 12 aromatic rings. The van der Waals surface area contributed by atoms with Gasteiger partial charge in [0.05, 0.1) is 20.8 Å². The molecule has 0 spiro atoms. The van der Waals surface area contributed by atoms with Gasteiger partial charge in [-0.2, -0.15) is 0 Å². The lowest BCUT2D eigenvalue weighted by Gasteiger charge is -2.33. The number of nitrogens with zero attached hydrogens (tertiary/aromatic N) is 2. The van der Waals surface area contributed by atoms with E-state index in [1.807, 2.05) is 22.7 Å². The number of hydrogen-bond acceptors (Lipinski definition) is 4. The first-order valence-corrected chi connectivity index (χ1v) is 40.3. The van der Waals surface area contributed by atoms with Crippen LogP contribution in [-0.2, 0) is 10.8 Å². The molecular weight excluding hydrogens is 1220 g/mol. The molecule has 500 valence electrons. The molecule has 0 saturated carbocycles. The molecule has 3 aliphatic carbocycles. The van der Waals surface area contributed by atoms with E-state index in [1.165, 1.54) is 302 Å². The van der Waals surface area contributed by atoms with Crippen LogP contribution in [0.15, 0.2) is 170 Å². The van der Waals surface area contributed by atoms with E-state index < -0.39 is 0 Å². The van der Waals surface area contributed by atoms with E-state index in [4.69, 9.17) is 9.97 Å². The molecule has 0 atom stereocenters. The molecule has 0 aliphatic heterocycles. The number of hydrogen-bond donors (Lipinski definition) is 0. The van der Waals surface area contributed by atoms with Crippen molar-refractivity contribution in [2.24, 2.45) is 0 Å². The van der Waals surface area contributed by atoms with Crippen molar-refractivity contribution in [1.29, 1.82) is 0 Å². The van der Waals surface area contributed by atoms with Crippen LogP contribution in [0.3, 0.4) is 0 Å². The van der Waals surface area contributed by atoms with Gasteiger partial charge in [0.1, 0.15) is 0 Å². The zero-order valence-electron chi connectivity index (χ0n) is 59.7. The average molecular weight is 1320 g/mol. The van der Waals surface area contributed by atoms with E-state index in [0.717, 1.165) is 35.6 Å². The van der Waals surface area contributed by atoms with Crippen molar-refractivity contribution < 1.29 is 0 Å². The fourth-order valence-corrected chi connectivity index (χ4v) is 20.9. The summed E-state index contributed by atoms with van der Waals surface area (Å²) in [6, 6.07) is 67.5. The van der Waals surface area contributed by atoms with Gasteiger partial charge in [-0.15, -0.1) is 22.7 Å². The fourth-order valence-electron chi connectivity index (χ4n) is 18.1. The summed E-state index contributed by atoms with van der Waals surface area (Å²) in [6.07, 6.45) is 35.7. The van der Waals surface area contributed by atoms with Crippen molar-refractivity contribution in [1.82, 2.24) is 9.97 Å². The minimum Gasteiger partial charge on any atom is -0.228 e. The average Bonchev–Trinajstić information content (AvgIpc) is 1.57. The number of thiophene rings is 2. The number of rotatable bonds is 32. The fraction of sp³-hybridized carbons (Fsp3) is 0.383. The Hall–Kier alpha value is -7.50. The maximum absolute atomic E-state index is 5.87. The molecule has 15 rings (SSSR count). The minimum atomic E-state index is -0.145. The van der Waals surface area contributed by atoms with Crippen LogP contribution >= 0.6 is 22.7 Å². The first-order chi connectivity index (χ1) is 48.2. The van der Waals surface area contributed by atoms with Crippen LogP contribution < -0.4 is 0 Å². The number of aryl methyl sites for hydroxylation is 2. The molecule has 0 saturated heterocycles. The molecule has 0 fully saturated rings. The van der Waals surface area contributed by atoms with Crippen molar-refractivity contribution >= 4 is 63.0 Å². The molecule has 98 heavy (non-hydrogen) atoms. The molecule has 0 N–H and O–H groups in total. The molecular formula is C94H102N2S2. The molecule has 0 amide bonds. The van der Waals surface area contributed by atoms with Gasteiger partial charge in [0, 0.05) is 47.7 Å². The third-order valence-corrected chi connectivity index (χ3v) is 25.8. The monoisotopic (exact) mass is 1320 g/mol. The molecule has 3 aromatic heterocycles. The summed E-state index contributed by atoms with van der Waals surface area (Å²) in [4.78, 5) is 11.7. The van der Waals surface area contributed by atoms with Crippen molar-refractivity contribution in [2.75, 3.05) is 0 Å². The van der Waals surface area contributed by atoms with E-state index in [-0.39, 0.29) is 10.8 Å². The minimum absolute atomic E-state index is 0.0547. The van der Waals surface area contributed by atoms with Crippen molar-refractivity contribution in [3.05, 3.63) is 203 Å². The van der Waals surface area contributed by atoms with Gasteiger partial charge in [0.25, 0.3) is 0 Å². The molecule has 0 unspecified atom stereocenters. The predicted molar refractivity (Wildman–Crippen MR) is 428 cm³/mol. The predicted octanol–water partition coefficient (Wildman–Crippen LogP) is 29.7. The molecule has 2 nitrogen and oxygen atoms in total. The number of fused-ring (bicyclic) bond motifs is 14. The lowest BCUT2D eigenvalue weighted by molar-refractivity contribution is 0.398. The summed E-state index contributed by atoms with van der Waals surface area (Å²) in [6.45, 7) is 13.9.